The standard InChI is InChI=1S/C14H8Br2N2O2/c15-9-3-6-12(16)11(7-9)14-17-13(18-20-14)8-1-4-10(19)5-2-8/h1-7,19H. The maximum atomic E-state index is 9.28. The van der Waals surface area contributed by atoms with Crippen LogP contribution in [0, 0.1) is 0 Å². The molecule has 2 aromatic carbocycles. The number of aromatic nitrogens is 2. The lowest BCUT2D eigenvalue weighted by molar-refractivity contribution is 0.432. The molecule has 1 N–H and O–H groups in total. The van der Waals surface area contributed by atoms with Crippen LogP contribution in [0.5, 0.6) is 5.75 Å². The smallest absolute Gasteiger partial charge is 0.259 e. The predicted molar refractivity (Wildman–Crippen MR) is 82.2 cm³/mol. The van der Waals surface area contributed by atoms with E-state index in [9.17, 15) is 5.11 Å². The number of rotatable bonds is 2. The van der Waals surface area contributed by atoms with Crippen LogP contribution in [-0.4, -0.2) is 15.2 Å². The van der Waals surface area contributed by atoms with E-state index in [1.54, 1.807) is 24.3 Å². The zero-order chi connectivity index (χ0) is 14.1. The minimum atomic E-state index is 0.201. The number of benzene rings is 2. The third-order valence-corrected chi connectivity index (χ3v) is 3.90. The molecule has 0 aliphatic heterocycles. The first-order valence-corrected chi connectivity index (χ1v) is 7.30. The summed E-state index contributed by atoms with van der Waals surface area (Å²) in [6.45, 7) is 0. The van der Waals surface area contributed by atoms with Crippen LogP contribution < -0.4 is 0 Å². The summed E-state index contributed by atoms with van der Waals surface area (Å²) in [5.41, 5.74) is 1.60. The molecule has 3 rings (SSSR count). The van der Waals surface area contributed by atoms with Gasteiger partial charge in [0.25, 0.3) is 5.89 Å². The summed E-state index contributed by atoms with van der Waals surface area (Å²) in [6, 6.07) is 12.4. The Morgan fingerprint density at radius 3 is 2.50 bits per heavy atom. The fraction of sp³-hybridized carbons (Fsp3) is 0. The Kier molecular flexibility index (Phi) is 3.58. The minimum Gasteiger partial charge on any atom is -0.508 e. The summed E-state index contributed by atoms with van der Waals surface area (Å²) in [5, 5.41) is 13.2. The fourth-order valence-electron chi connectivity index (χ4n) is 1.72. The lowest BCUT2D eigenvalue weighted by atomic mass is 10.2. The molecule has 3 aromatic rings. The van der Waals surface area contributed by atoms with Crippen molar-refractivity contribution in [3.63, 3.8) is 0 Å². The van der Waals surface area contributed by atoms with Gasteiger partial charge in [-0.2, -0.15) is 4.98 Å². The van der Waals surface area contributed by atoms with Crippen molar-refractivity contribution < 1.29 is 9.63 Å². The van der Waals surface area contributed by atoms with E-state index >= 15 is 0 Å². The summed E-state index contributed by atoms with van der Waals surface area (Å²) >= 11 is 6.88. The van der Waals surface area contributed by atoms with Crippen LogP contribution in [0.15, 0.2) is 55.9 Å². The summed E-state index contributed by atoms with van der Waals surface area (Å²) in [5.74, 6) is 1.11. The Bertz CT molecular complexity index is 754. The van der Waals surface area contributed by atoms with E-state index in [2.05, 4.69) is 42.0 Å². The number of hydrogen-bond acceptors (Lipinski definition) is 4. The summed E-state index contributed by atoms with van der Waals surface area (Å²) in [4.78, 5) is 4.37. The number of phenolic OH excluding ortho intramolecular Hbond substituents is 1. The molecular formula is C14H8Br2N2O2. The van der Waals surface area contributed by atoms with Gasteiger partial charge in [-0.25, -0.2) is 0 Å². The highest BCUT2D eigenvalue weighted by Gasteiger charge is 2.13. The Hall–Kier alpha value is -1.66. The molecule has 0 atom stereocenters. The first-order valence-electron chi connectivity index (χ1n) is 5.72. The number of nitrogens with zero attached hydrogens (tertiary/aromatic N) is 2. The molecule has 0 aliphatic carbocycles. The van der Waals surface area contributed by atoms with Crippen molar-refractivity contribution in [2.45, 2.75) is 0 Å². The van der Waals surface area contributed by atoms with E-state index in [1.165, 1.54) is 0 Å². The molecule has 0 aliphatic rings. The maximum absolute atomic E-state index is 9.28. The number of halogens is 2. The second kappa shape index (κ2) is 5.38. The highest BCUT2D eigenvalue weighted by Crippen LogP contribution is 2.31. The van der Waals surface area contributed by atoms with Crippen LogP contribution in [0.3, 0.4) is 0 Å². The molecule has 0 fully saturated rings. The molecule has 0 unspecified atom stereocenters. The van der Waals surface area contributed by atoms with E-state index in [1.807, 2.05) is 18.2 Å². The van der Waals surface area contributed by atoms with Crippen molar-refractivity contribution in [1.82, 2.24) is 10.1 Å². The molecule has 0 saturated heterocycles. The second-order valence-electron chi connectivity index (χ2n) is 4.09. The van der Waals surface area contributed by atoms with Crippen molar-refractivity contribution >= 4 is 31.9 Å². The van der Waals surface area contributed by atoms with Crippen molar-refractivity contribution in [2.24, 2.45) is 0 Å². The lowest BCUT2D eigenvalue weighted by Crippen LogP contribution is -1.82. The second-order valence-corrected chi connectivity index (χ2v) is 5.86. The molecule has 20 heavy (non-hydrogen) atoms. The highest BCUT2D eigenvalue weighted by molar-refractivity contribution is 9.11. The lowest BCUT2D eigenvalue weighted by Gasteiger charge is -1.99. The SMILES string of the molecule is Oc1ccc(-c2noc(-c3cc(Br)ccc3Br)n2)cc1. The van der Waals surface area contributed by atoms with Gasteiger partial charge in [-0.3, -0.25) is 0 Å². The monoisotopic (exact) mass is 394 g/mol. The number of hydrogen-bond donors (Lipinski definition) is 1. The molecule has 1 heterocycles. The van der Waals surface area contributed by atoms with E-state index in [-0.39, 0.29) is 5.75 Å². The molecule has 4 nitrogen and oxygen atoms in total. The van der Waals surface area contributed by atoms with Crippen molar-refractivity contribution in [3.8, 4) is 28.6 Å². The zero-order valence-electron chi connectivity index (χ0n) is 10.0. The molecule has 0 radical (unpaired) electrons. The van der Waals surface area contributed by atoms with Gasteiger partial charge < -0.3 is 9.63 Å². The molecule has 1 aromatic heterocycles. The van der Waals surface area contributed by atoms with E-state index in [0.717, 1.165) is 20.1 Å². The van der Waals surface area contributed by atoms with Crippen LogP contribution in [0.25, 0.3) is 22.8 Å². The van der Waals surface area contributed by atoms with Crippen LogP contribution in [0.2, 0.25) is 0 Å². The Morgan fingerprint density at radius 2 is 1.75 bits per heavy atom. The van der Waals surface area contributed by atoms with Crippen LogP contribution in [0.1, 0.15) is 0 Å². The number of aromatic hydroxyl groups is 1. The molecule has 0 amide bonds. The maximum Gasteiger partial charge on any atom is 0.259 e. The summed E-state index contributed by atoms with van der Waals surface area (Å²) in [6.07, 6.45) is 0. The summed E-state index contributed by atoms with van der Waals surface area (Å²) in [7, 11) is 0. The summed E-state index contributed by atoms with van der Waals surface area (Å²) < 4.78 is 7.10. The van der Waals surface area contributed by atoms with E-state index < -0.39 is 0 Å². The van der Waals surface area contributed by atoms with Crippen molar-refractivity contribution in [2.75, 3.05) is 0 Å². The van der Waals surface area contributed by atoms with Gasteiger partial charge in [0.2, 0.25) is 5.82 Å². The van der Waals surface area contributed by atoms with Gasteiger partial charge in [-0.15, -0.1) is 0 Å². The fourth-order valence-corrected chi connectivity index (χ4v) is 2.50. The Labute approximate surface area is 131 Å². The molecule has 0 bridgehead atoms. The van der Waals surface area contributed by atoms with Gasteiger partial charge in [-0.1, -0.05) is 21.1 Å². The quantitative estimate of drug-likeness (QED) is 0.686. The largest absolute Gasteiger partial charge is 0.508 e. The normalized spacial score (nSPS) is 10.7. The van der Waals surface area contributed by atoms with Gasteiger partial charge in [0, 0.05) is 14.5 Å². The van der Waals surface area contributed by atoms with Crippen molar-refractivity contribution in [1.29, 1.82) is 0 Å². The first-order chi connectivity index (χ1) is 9.63. The Morgan fingerprint density at radius 1 is 1.00 bits per heavy atom. The molecule has 0 spiro atoms. The van der Waals surface area contributed by atoms with Gasteiger partial charge in [-0.05, 0) is 58.4 Å². The third kappa shape index (κ3) is 2.62. The average molecular weight is 396 g/mol. The first kappa shape index (κ1) is 13.3. The highest BCUT2D eigenvalue weighted by atomic mass is 79.9. The van der Waals surface area contributed by atoms with Gasteiger partial charge in [0.1, 0.15) is 5.75 Å². The van der Waals surface area contributed by atoms with Crippen LogP contribution in [-0.2, 0) is 0 Å². The Balaban J connectivity index is 2.01. The van der Waals surface area contributed by atoms with E-state index in [0.29, 0.717) is 11.7 Å². The van der Waals surface area contributed by atoms with Gasteiger partial charge >= 0.3 is 0 Å². The van der Waals surface area contributed by atoms with Gasteiger partial charge in [0.05, 0.1) is 5.56 Å². The molecule has 0 saturated carbocycles. The zero-order valence-corrected chi connectivity index (χ0v) is 13.2. The van der Waals surface area contributed by atoms with Crippen molar-refractivity contribution in [3.05, 3.63) is 51.4 Å². The predicted octanol–water partition coefficient (Wildman–Crippen LogP) is 4.63. The van der Waals surface area contributed by atoms with E-state index in [4.69, 9.17) is 4.52 Å². The average Bonchev–Trinajstić information content (AvgIpc) is 2.92. The minimum absolute atomic E-state index is 0.201. The van der Waals surface area contributed by atoms with Crippen LogP contribution in [0.4, 0.5) is 0 Å². The molecular weight excluding hydrogens is 388 g/mol. The van der Waals surface area contributed by atoms with Crippen LogP contribution >= 0.6 is 31.9 Å². The number of phenols is 1. The molecule has 100 valence electrons. The molecule has 6 heteroatoms. The third-order valence-electron chi connectivity index (χ3n) is 2.71. The van der Waals surface area contributed by atoms with Gasteiger partial charge in [0.15, 0.2) is 0 Å². The topological polar surface area (TPSA) is 59.2 Å².